The van der Waals surface area contributed by atoms with Crippen molar-refractivity contribution in [3.05, 3.63) is 95.6 Å². The van der Waals surface area contributed by atoms with Crippen molar-refractivity contribution in [3.63, 3.8) is 0 Å². The molecule has 2 heterocycles. The topological polar surface area (TPSA) is 119 Å². The van der Waals surface area contributed by atoms with Gasteiger partial charge in [0.25, 0.3) is 0 Å². The van der Waals surface area contributed by atoms with Gasteiger partial charge in [0, 0.05) is 18.5 Å². The van der Waals surface area contributed by atoms with E-state index in [4.69, 9.17) is 9.47 Å². The number of amides is 1. The quantitative estimate of drug-likeness (QED) is 0.309. The fraction of sp³-hybridized carbons (Fsp3) is 0.290. The third-order valence-corrected chi connectivity index (χ3v) is 6.75. The highest BCUT2D eigenvalue weighted by Crippen LogP contribution is 2.44. The molecular weight excluding hydrogens is 510 g/mol. The van der Waals surface area contributed by atoms with Gasteiger partial charge in [-0.05, 0) is 55.2 Å². The molecule has 0 aliphatic heterocycles. The summed E-state index contributed by atoms with van der Waals surface area (Å²) in [5, 5.41) is 12.4. The number of hydrogen-bond acceptors (Lipinski definition) is 6. The van der Waals surface area contributed by atoms with Crippen molar-refractivity contribution in [2.24, 2.45) is 0 Å². The number of aliphatic carboxylic acids is 1. The molecule has 0 spiro atoms. The first kappa shape index (κ1) is 26.9. The molecule has 0 saturated carbocycles. The first-order chi connectivity index (χ1) is 19.1. The summed E-state index contributed by atoms with van der Waals surface area (Å²) < 4.78 is 12.7. The highest BCUT2D eigenvalue weighted by molar-refractivity contribution is 5.81. The maximum atomic E-state index is 12.8. The number of nitrogens with one attached hydrogen (secondary N) is 1. The number of rotatable bonds is 8. The Labute approximate surface area is 231 Å². The molecule has 4 aromatic rings. The predicted molar refractivity (Wildman–Crippen MR) is 148 cm³/mol. The zero-order valence-corrected chi connectivity index (χ0v) is 22.6. The van der Waals surface area contributed by atoms with E-state index in [1.54, 1.807) is 49.6 Å². The van der Waals surface area contributed by atoms with Crippen molar-refractivity contribution in [3.8, 4) is 11.1 Å². The van der Waals surface area contributed by atoms with Gasteiger partial charge in [0.05, 0.1) is 11.2 Å². The van der Waals surface area contributed by atoms with Gasteiger partial charge >= 0.3 is 18.0 Å². The van der Waals surface area contributed by atoms with Crippen molar-refractivity contribution in [2.45, 2.75) is 51.2 Å². The zero-order chi connectivity index (χ0) is 28.4. The van der Waals surface area contributed by atoms with Gasteiger partial charge in [-0.1, -0.05) is 54.6 Å². The second-order valence-corrected chi connectivity index (χ2v) is 10.8. The van der Waals surface area contributed by atoms with E-state index in [1.807, 2.05) is 48.5 Å². The third-order valence-electron chi connectivity index (χ3n) is 6.75. The summed E-state index contributed by atoms with van der Waals surface area (Å²) in [5.74, 6) is -1.39. The lowest BCUT2D eigenvalue weighted by Crippen LogP contribution is -2.43. The smallest absolute Gasteiger partial charge is 0.407 e. The van der Waals surface area contributed by atoms with Crippen molar-refractivity contribution >= 4 is 23.5 Å². The van der Waals surface area contributed by atoms with Gasteiger partial charge in [-0.25, -0.2) is 14.6 Å². The molecule has 1 amide bonds. The summed E-state index contributed by atoms with van der Waals surface area (Å²) >= 11 is 0. The minimum atomic E-state index is -1.29. The molecule has 1 atom stereocenters. The molecule has 9 heteroatoms. The number of benzene rings is 2. The normalized spacial score (nSPS) is 13.4. The number of hydrogen-bond donors (Lipinski definition) is 2. The second-order valence-electron chi connectivity index (χ2n) is 10.8. The Morgan fingerprint density at radius 1 is 0.975 bits per heavy atom. The molecule has 1 aliphatic rings. The van der Waals surface area contributed by atoms with Gasteiger partial charge in [-0.2, -0.15) is 0 Å². The Kier molecular flexibility index (Phi) is 7.30. The highest BCUT2D eigenvalue weighted by atomic mass is 16.6. The van der Waals surface area contributed by atoms with Crippen LogP contribution >= 0.6 is 0 Å². The highest BCUT2D eigenvalue weighted by Gasteiger charge is 2.30. The molecule has 1 aliphatic carbocycles. The summed E-state index contributed by atoms with van der Waals surface area (Å²) in [6, 6.07) is 20.0. The molecular formula is C31H31N3O6. The first-order valence-corrected chi connectivity index (χ1v) is 13.1. The summed E-state index contributed by atoms with van der Waals surface area (Å²) in [6.07, 6.45) is 0.744. The van der Waals surface area contributed by atoms with Crippen molar-refractivity contribution in [1.82, 2.24) is 14.7 Å². The van der Waals surface area contributed by atoms with Gasteiger partial charge in [0.15, 0.2) is 0 Å². The van der Waals surface area contributed by atoms with Crippen LogP contribution in [0.25, 0.3) is 16.6 Å². The lowest BCUT2D eigenvalue weighted by Gasteiger charge is -2.19. The Bertz CT molecular complexity index is 1540. The number of nitrogens with zero attached hydrogens (tertiary/aromatic N) is 2. The molecule has 0 saturated heterocycles. The number of aromatic nitrogens is 2. The maximum absolute atomic E-state index is 12.8. The van der Waals surface area contributed by atoms with Crippen molar-refractivity contribution in [2.75, 3.05) is 6.61 Å². The van der Waals surface area contributed by atoms with E-state index in [-0.39, 0.29) is 25.4 Å². The minimum Gasteiger partial charge on any atom is -0.480 e. The van der Waals surface area contributed by atoms with Crippen LogP contribution < -0.4 is 5.32 Å². The molecule has 2 aromatic heterocycles. The van der Waals surface area contributed by atoms with Gasteiger partial charge in [-0.3, -0.25) is 4.79 Å². The number of ether oxygens (including phenoxy) is 2. The number of fused-ring (bicyclic) bond motifs is 4. The fourth-order valence-electron chi connectivity index (χ4n) is 5.13. The van der Waals surface area contributed by atoms with E-state index >= 15 is 0 Å². The Hall–Kier alpha value is -4.66. The van der Waals surface area contributed by atoms with Crippen LogP contribution in [0.4, 0.5) is 4.79 Å². The number of alkyl carbamates (subject to hydrolysis) is 1. The van der Waals surface area contributed by atoms with Crippen LogP contribution in [-0.2, 0) is 31.9 Å². The summed E-state index contributed by atoms with van der Waals surface area (Å²) in [4.78, 5) is 41.9. The van der Waals surface area contributed by atoms with E-state index < -0.39 is 29.7 Å². The van der Waals surface area contributed by atoms with Crippen molar-refractivity contribution < 1.29 is 29.0 Å². The molecule has 0 radical (unpaired) electrons. The van der Waals surface area contributed by atoms with Crippen LogP contribution in [0.1, 0.15) is 49.3 Å². The molecule has 1 unspecified atom stereocenters. The number of pyridine rings is 1. The Balaban J connectivity index is 1.29. The lowest BCUT2D eigenvalue weighted by molar-refractivity contribution is -0.154. The number of carboxylic acid groups (broad SMARTS) is 1. The van der Waals surface area contributed by atoms with Crippen LogP contribution in [-0.4, -0.2) is 50.8 Å². The van der Waals surface area contributed by atoms with Gasteiger partial charge in [0.2, 0.25) is 0 Å². The average Bonchev–Trinajstić information content (AvgIpc) is 3.41. The molecule has 9 nitrogen and oxygen atoms in total. The first-order valence-electron chi connectivity index (χ1n) is 13.1. The molecule has 206 valence electrons. The van der Waals surface area contributed by atoms with Crippen LogP contribution in [0.3, 0.4) is 0 Å². The number of carbonyl (C=O) groups excluding carboxylic acids is 2. The Morgan fingerprint density at radius 3 is 2.23 bits per heavy atom. The zero-order valence-electron chi connectivity index (χ0n) is 22.6. The van der Waals surface area contributed by atoms with Gasteiger partial charge in [0.1, 0.15) is 30.5 Å². The van der Waals surface area contributed by atoms with Crippen molar-refractivity contribution in [1.29, 1.82) is 0 Å². The fourth-order valence-corrected chi connectivity index (χ4v) is 5.13. The van der Waals surface area contributed by atoms with E-state index in [2.05, 4.69) is 10.3 Å². The molecule has 0 fully saturated rings. The standard InChI is InChI=1S/C31H31N3O6/c1-31(2,3)40-28(35)17-27-32-24(26-14-8-9-15-34(26)27)16-25(29(36)37)33-30(38)39-18-23-21-12-6-4-10-19(21)20-11-5-7-13-22(20)23/h4-15,23,25H,16-18H2,1-3H3,(H,33,38)(H,36,37). The number of esters is 1. The number of carboxylic acids is 1. The van der Waals surface area contributed by atoms with E-state index in [0.717, 1.165) is 22.3 Å². The maximum Gasteiger partial charge on any atom is 0.407 e. The lowest BCUT2D eigenvalue weighted by atomic mass is 9.98. The SMILES string of the molecule is CC(C)(C)OC(=O)Cc1nc(CC(NC(=O)OCC2c3ccccc3-c3ccccc32)C(=O)O)c2ccccn12. The second kappa shape index (κ2) is 10.8. The molecule has 5 rings (SSSR count). The van der Waals surface area contributed by atoms with Crippen LogP contribution in [0.2, 0.25) is 0 Å². The van der Waals surface area contributed by atoms with Crippen LogP contribution in [0.15, 0.2) is 72.9 Å². The summed E-state index contributed by atoms with van der Waals surface area (Å²) in [6.45, 7) is 5.42. The minimum absolute atomic E-state index is 0.0691. The summed E-state index contributed by atoms with van der Waals surface area (Å²) in [7, 11) is 0. The van der Waals surface area contributed by atoms with E-state index in [1.165, 1.54) is 0 Å². The van der Waals surface area contributed by atoms with E-state index in [9.17, 15) is 19.5 Å². The monoisotopic (exact) mass is 541 g/mol. The molecule has 2 N–H and O–H groups in total. The third kappa shape index (κ3) is 5.68. The van der Waals surface area contributed by atoms with E-state index in [0.29, 0.717) is 17.0 Å². The number of imidazole rings is 1. The average molecular weight is 542 g/mol. The predicted octanol–water partition coefficient (Wildman–Crippen LogP) is 4.75. The van der Waals surface area contributed by atoms with Crippen LogP contribution in [0, 0.1) is 0 Å². The van der Waals surface area contributed by atoms with Crippen LogP contribution in [0.5, 0.6) is 0 Å². The number of carbonyl (C=O) groups is 3. The Morgan fingerprint density at radius 2 is 1.60 bits per heavy atom. The molecule has 40 heavy (non-hydrogen) atoms. The van der Waals surface area contributed by atoms with Gasteiger partial charge < -0.3 is 24.3 Å². The summed E-state index contributed by atoms with van der Waals surface area (Å²) in [5.41, 5.74) is 4.76. The molecule has 2 aromatic carbocycles. The largest absolute Gasteiger partial charge is 0.480 e. The molecule has 0 bridgehead atoms. The van der Waals surface area contributed by atoms with Gasteiger partial charge in [-0.15, -0.1) is 0 Å².